The number of benzene rings is 1. The van der Waals surface area contributed by atoms with Crippen molar-refractivity contribution in [1.29, 1.82) is 0 Å². The van der Waals surface area contributed by atoms with Crippen molar-refractivity contribution in [2.24, 2.45) is 0 Å². The van der Waals surface area contributed by atoms with Crippen LogP contribution in [0.5, 0.6) is 0 Å². The van der Waals surface area contributed by atoms with E-state index in [0.29, 0.717) is 41.6 Å². The monoisotopic (exact) mass is 585 g/mol. The maximum Gasteiger partial charge on any atom is 0.433 e. The van der Waals surface area contributed by atoms with Crippen molar-refractivity contribution >= 4 is 27.0 Å². The van der Waals surface area contributed by atoms with Gasteiger partial charge in [0.25, 0.3) is 10.0 Å². The zero-order valence-corrected chi connectivity index (χ0v) is 21.3. The van der Waals surface area contributed by atoms with E-state index in [0.717, 1.165) is 41.8 Å². The molecule has 0 atom stereocenters. The predicted octanol–water partition coefficient (Wildman–Crippen LogP) is 4.49. The number of piperazine rings is 1. The smallest absolute Gasteiger partial charge is 0.314 e. The molecule has 4 heterocycles. The highest BCUT2D eigenvalue weighted by atomic mass is 32.2. The van der Waals surface area contributed by atoms with Crippen molar-refractivity contribution in [1.82, 2.24) is 24.2 Å². The second-order valence-electron chi connectivity index (χ2n) is 8.42. The average Bonchev–Trinajstić information content (AvgIpc) is 3.54. The first-order valence-electron chi connectivity index (χ1n) is 11.3. The van der Waals surface area contributed by atoms with E-state index < -0.39 is 33.6 Å². The quantitative estimate of drug-likeness (QED) is 0.283. The molecule has 7 nitrogen and oxygen atoms in total. The molecule has 15 heteroatoms. The Balaban J connectivity index is 1.52. The molecular weight excluding hydrogens is 568 g/mol. The van der Waals surface area contributed by atoms with Crippen LogP contribution in [0.15, 0.2) is 52.9 Å². The van der Waals surface area contributed by atoms with Gasteiger partial charge in [0, 0.05) is 31.7 Å². The normalized spacial score (nSPS) is 15.3. The molecule has 1 saturated heterocycles. The van der Waals surface area contributed by atoms with E-state index in [2.05, 4.69) is 27.2 Å². The summed E-state index contributed by atoms with van der Waals surface area (Å²) in [5.74, 6) is 5.44. The van der Waals surface area contributed by atoms with Crippen molar-refractivity contribution in [3.63, 3.8) is 0 Å². The fraction of sp³-hybridized carbons (Fsp3) is 0.250. The van der Waals surface area contributed by atoms with Crippen molar-refractivity contribution in [2.45, 2.75) is 16.6 Å². The van der Waals surface area contributed by atoms with Crippen molar-refractivity contribution in [2.75, 3.05) is 26.2 Å². The summed E-state index contributed by atoms with van der Waals surface area (Å²) >= 11 is 0.928. The van der Waals surface area contributed by atoms with Crippen LogP contribution in [0.25, 0.3) is 16.9 Å². The first-order valence-corrected chi connectivity index (χ1v) is 13.6. The number of fused-ring (bicyclic) bond motifs is 1. The summed E-state index contributed by atoms with van der Waals surface area (Å²) in [7, 11) is -3.70. The van der Waals surface area contributed by atoms with Crippen LogP contribution in [0.1, 0.15) is 21.7 Å². The number of thiophene rings is 1. The number of alkyl halides is 6. The summed E-state index contributed by atoms with van der Waals surface area (Å²) in [6, 6.07) is 7.21. The van der Waals surface area contributed by atoms with Crippen LogP contribution in [-0.4, -0.2) is 53.5 Å². The standard InChI is InChI=1S/C24H17F6N5O2S2/c25-23(26,27)17-4-1-15(2-5-17)19-13-20(24(28,29)30)35-22(33-19)16(14-32-35)3-6-18-7-8-21(38-18)39(36,37)34-11-9-31-10-12-34/h1-2,4-5,7-8,13-14,31H,9-12H2. The molecule has 0 spiro atoms. The molecule has 0 bridgehead atoms. The van der Waals surface area contributed by atoms with Crippen LogP contribution < -0.4 is 5.32 Å². The second-order valence-corrected chi connectivity index (χ2v) is 11.7. The van der Waals surface area contributed by atoms with Crippen LogP contribution in [0.4, 0.5) is 26.3 Å². The number of nitrogens with zero attached hydrogens (tertiary/aromatic N) is 4. The van der Waals surface area contributed by atoms with Crippen molar-refractivity contribution in [3.8, 4) is 23.1 Å². The molecular formula is C24H17F6N5O2S2. The molecule has 5 rings (SSSR count). The molecule has 1 fully saturated rings. The van der Waals surface area contributed by atoms with E-state index in [1.165, 1.54) is 16.4 Å². The van der Waals surface area contributed by atoms with E-state index in [9.17, 15) is 34.8 Å². The van der Waals surface area contributed by atoms with Crippen LogP contribution >= 0.6 is 11.3 Å². The number of hydrogen-bond acceptors (Lipinski definition) is 6. The van der Waals surface area contributed by atoms with Gasteiger partial charge in [0.2, 0.25) is 0 Å². The molecule has 3 aromatic heterocycles. The third kappa shape index (κ3) is 5.50. The number of sulfonamides is 1. The molecule has 1 aliphatic heterocycles. The first kappa shape index (κ1) is 27.1. The Morgan fingerprint density at radius 1 is 0.923 bits per heavy atom. The Bertz CT molecular complexity index is 1690. The minimum Gasteiger partial charge on any atom is -0.314 e. The number of nitrogens with one attached hydrogen (secondary N) is 1. The van der Waals surface area contributed by atoms with Gasteiger partial charge in [-0.05, 0) is 30.3 Å². The predicted molar refractivity (Wildman–Crippen MR) is 130 cm³/mol. The molecule has 0 saturated carbocycles. The van der Waals surface area contributed by atoms with Gasteiger partial charge in [-0.1, -0.05) is 24.0 Å². The van der Waals surface area contributed by atoms with Gasteiger partial charge in [0.05, 0.1) is 27.9 Å². The second kappa shape index (κ2) is 9.94. The van der Waals surface area contributed by atoms with Gasteiger partial charge in [0.15, 0.2) is 11.3 Å². The van der Waals surface area contributed by atoms with Gasteiger partial charge in [-0.15, -0.1) is 11.3 Å². The molecule has 1 aliphatic rings. The molecule has 1 aromatic carbocycles. The summed E-state index contributed by atoms with van der Waals surface area (Å²) in [5.41, 5.74) is -2.54. The lowest BCUT2D eigenvalue weighted by atomic mass is 10.1. The minimum absolute atomic E-state index is 0.0224. The molecule has 4 aromatic rings. The Morgan fingerprint density at radius 2 is 1.62 bits per heavy atom. The van der Waals surface area contributed by atoms with E-state index in [1.54, 1.807) is 0 Å². The number of halogens is 6. The summed E-state index contributed by atoms with van der Waals surface area (Å²) in [6.07, 6.45) is -8.36. The van der Waals surface area contributed by atoms with Crippen LogP contribution in [0, 0.1) is 11.8 Å². The maximum atomic E-state index is 13.8. The summed E-state index contributed by atoms with van der Waals surface area (Å²) in [6.45, 7) is 1.73. The molecule has 204 valence electrons. The minimum atomic E-state index is -4.85. The zero-order valence-electron chi connectivity index (χ0n) is 19.6. The summed E-state index contributed by atoms with van der Waals surface area (Å²) < 4.78 is 108. The highest BCUT2D eigenvalue weighted by Crippen LogP contribution is 2.34. The van der Waals surface area contributed by atoms with Gasteiger partial charge in [-0.25, -0.2) is 17.9 Å². The van der Waals surface area contributed by atoms with Gasteiger partial charge < -0.3 is 5.32 Å². The molecule has 0 amide bonds. The SMILES string of the molecule is O=S(=O)(c1ccc(C#Cc2cnn3c(C(F)(F)F)cc(-c4ccc(C(F)(F)F)cc4)nc23)s1)N1CCNCC1. The topological polar surface area (TPSA) is 79.6 Å². The number of rotatable bonds is 3. The highest BCUT2D eigenvalue weighted by Gasteiger charge is 2.36. The first-order chi connectivity index (χ1) is 18.3. The average molecular weight is 586 g/mol. The molecule has 0 aliphatic carbocycles. The number of hydrogen-bond donors (Lipinski definition) is 1. The lowest BCUT2D eigenvalue weighted by molar-refractivity contribution is -0.142. The Hall–Kier alpha value is -3.45. The van der Waals surface area contributed by atoms with Crippen LogP contribution in [0.3, 0.4) is 0 Å². The van der Waals surface area contributed by atoms with Crippen molar-refractivity contribution in [3.05, 3.63) is 70.4 Å². The third-order valence-electron chi connectivity index (χ3n) is 5.84. The van der Waals surface area contributed by atoms with Gasteiger partial charge in [-0.3, -0.25) is 0 Å². The van der Waals surface area contributed by atoms with Gasteiger partial charge in [0.1, 0.15) is 4.21 Å². The summed E-state index contributed by atoms with van der Waals surface area (Å²) in [4.78, 5) is 4.56. The van der Waals surface area contributed by atoms with Gasteiger partial charge in [-0.2, -0.15) is 35.7 Å². The van der Waals surface area contributed by atoms with Crippen LogP contribution in [-0.2, 0) is 22.4 Å². The highest BCUT2D eigenvalue weighted by molar-refractivity contribution is 7.91. The molecule has 39 heavy (non-hydrogen) atoms. The van der Waals surface area contributed by atoms with E-state index in [1.807, 2.05) is 0 Å². The van der Waals surface area contributed by atoms with E-state index in [4.69, 9.17) is 0 Å². The van der Waals surface area contributed by atoms with E-state index >= 15 is 0 Å². The van der Waals surface area contributed by atoms with Crippen molar-refractivity contribution < 1.29 is 34.8 Å². The number of aromatic nitrogens is 3. The van der Waals surface area contributed by atoms with Gasteiger partial charge >= 0.3 is 12.4 Å². The fourth-order valence-electron chi connectivity index (χ4n) is 3.90. The van der Waals surface area contributed by atoms with Crippen LogP contribution in [0.2, 0.25) is 0 Å². The maximum absolute atomic E-state index is 13.8. The lowest BCUT2D eigenvalue weighted by Crippen LogP contribution is -2.46. The molecule has 0 radical (unpaired) electrons. The molecule has 1 N–H and O–H groups in total. The zero-order chi connectivity index (χ0) is 28.0. The largest absolute Gasteiger partial charge is 0.433 e. The summed E-state index contributed by atoms with van der Waals surface area (Å²) in [5, 5.41) is 6.84. The third-order valence-corrected chi connectivity index (χ3v) is 9.21. The Kier molecular flexibility index (Phi) is 6.91. The fourth-order valence-corrected chi connectivity index (χ4v) is 6.65. The Labute approximate surface area is 222 Å². The molecule has 0 unspecified atom stereocenters. The van der Waals surface area contributed by atoms with E-state index in [-0.39, 0.29) is 26.7 Å². The lowest BCUT2D eigenvalue weighted by Gasteiger charge is -2.25. The Morgan fingerprint density at radius 3 is 2.26 bits per heavy atom.